The molecule has 0 aliphatic heterocycles. The van der Waals surface area contributed by atoms with E-state index in [1.165, 1.54) is 47.9 Å². The zero-order chi connectivity index (χ0) is 24.2. The lowest BCUT2D eigenvalue weighted by Gasteiger charge is -2.45. The summed E-state index contributed by atoms with van der Waals surface area (Å²) in [5.74, 6) is 1.14. The number of phenols is 1. The van der Waals surface area contributed by atoms with Gasteiger partial charge in [0.15, 0.2) is 0 Å². The first-order valence-corrected chi connectivity index (χ1v) is 13.1. The van der Waals surface area contributed by atoms with E-state index in [1.54, 1.807) is 7.11 Å². The van der Waals surface area contributed by atoms with Crippen molar-refractivity contribution in [1.29, 1.82) is 0 Å². The smallest absolute Gasteiger partial charge is 0.127 e. The molecule has 0 heterocycles. The van der Waals surface area contributed by atoms with Gasteiger partial charge in [0, 0.05) is 16.4 Å². The SMILES string of the molecule is CCC1(CC)CCC2(CC1)c1ccccc1-c1c2cc(O)c2cc(OC)c(-c3ccccc3)cc12. The van der Waals surface area contributed by atoms with Crippen LogP contribution in [0.15, 0.2) is 72.8 Å². The summed E-state index contributed by atoms with van der Waals surface area (Å²) in [4.78, 5) is 0. The van der Waals surface area contributed by atoms with Crippen molar-refractivity contribution in [2.24, 2.45) is 5.41 Å². The van der Waals surface area contributed by atoms with E-state index >= 15 is 0 Å². The van der Waals surface area contributed by atoms with Crippen molar-refractivity contribution in [1.82, 2.24) is 0 Å². The van der Waals surface area contributed by atoms with Crippen LogP contribution >= 0.6 is 0 Å². The molecule has 1 spiro atoms. The Morgan fingerprint density at radius 3 is 2.11 bits per heavy atom. The van der Waals surface area contributed by atoms with Crippen LogP contribution in [0.5, 0.6) is 11.5 Å². The molecule has 2 heteroatoms. The zero-order valence-electron chi connectivity index (χ0n) is 21.0. The van der Waals surface area contributed by atoms with E-state index in [2.05, 4.69) is 74.5 Å². The molecule has 178 valence electrons. The Balaban J connectivity index is 1.63. The highest BCUT2D eigenvalue weighted by Crippen LogP contribution is 2.62. The summed E-state index contributed by atoms with van der Waals surface area (Å²) in [6.45, 7) is 4.71. The molecule has 0 bridgehead atoms. The third kappa shape index (κ3) is 3.15. The number of ether oxygens (including phenoxy) is 1. The van der Waals surface area contributed by atoms with Gasteiger partial charge in [0.05, 0.1) is 7.11 Å². The van der Waals surface area contributed by atoms with Gasteiger partial charge in [-0.2, -0.15) is 0 Å². The first kappa shape index (κ1) is 22.2. The van der Waals surface area contributed by atoms with Crippen LogP contribution in [-0.4, -0.2) is 12.2 Å². The number of methoxy groups -OCH3 is 1. The summed E-state index contributed by atoms with van der Waals surface area (Å²) < 4.78 is 5.80. The molecule has 2 nitrogen and oxygen atoms in total. The largest absolute Gasteiger partial charge is 0.507 e. The molecular formula is C33H34O2. The van der Waals surface area contributed by atoms with Gasteiger partial charge in [-0.25, -0.2) is 0 Å². The van der Waals surface area contributed by atoms with Gasteiger partial charge in [0.2, 0.25) is 0 Å². The van der Waals surface area contributed by atoms with Crippen molar-refractivity contribution in [3.63, 3.8) is 0 Å². The summed E-state index contributed by atoms with van der Waals surface area (Å²) in [5, 5.41) is 13.3. The lowest BCUT2D eigenvalue weighted by atomic mass is 9.58. The third-order valence-corrected chi connectivity index (χ3v) is 9.41. The van der Waals surface area contributed by atoms with E-state index < -0.39 is 0 Å². The van der Waals surface area contributed by atoms with Gasteiger partial charge in [0.1, 0.15) is 11.5 Å². The number of rotatable bonds is 4. The molecule has 2 aliphatic rings. The summed E-state index contributed by atoms with van der Waals surface area (Å²) >= 11 is 0. The molecular weight excluding hydrogens is 428 g/mol. The number of phenolic OH excluding ortho intramolecular Hbond substituents is 1. The normalized spacial score (nSPS) is 17.3. The number of benzene rings is 4. The van der Waals surface area contributed by atoms with Crippen LogP contribution in [0.4, 0.5) is 0 Å². The van der Waals surface area contributed by atoms with Crippen molar-refractivity contribution < 1.29 is 9.84 Å². The zero-order valence-corrected chi connectivity index (χ0v) is 21.0. The number of fused-ring (bicyclic) bond motifs is 7. The lowest BCUT2D eigenvalue weighted by Crippen LogP contribution is -2.36. The minimum absolute atomic E-state index is 0.0156. The fraction of sp³-hybridized carbons (Fsp3) is 0.333. The van der Waals surface area contributed by atoms with E-state index in [0.29, 0.717) is 11.2 Å². The molecule has 1 saturated carbocycles. The van der Waals surface area contributed by atoms with Gasteiger partial charge in [-0.3, -0.25) is 0 Å². The van der Waals surface area contributed by atoms with E-state index in [1.807, 2.05) is 12.1 Å². The van der Waals surface area contributed by atoms with E-state index in [9.17, 15) is 5.11 Å². The molecule has 4 aromatic carbocycles. The van der Waals surface area contributed by atoms with Gasteiger partial charge in [-0.1, -0.05) is 81.3 Å². The summed E-state index contributed by atoms with van der Waals surface area (Å²) in [6, 6.07) is 25.7. The fourth-order valence-corrected chi connectivity index (χ4v) is 7.08. The van der Waals surface area contributed by atoms with Crippen molar-refractivity contribution in [3.05, 3.63) is 83.9 Å². The predicted molar refractivity (Wildman–Crippen MR) is 145 cm³/mol. The lowest BCUT2D eigenvalue weighted by molar-refractivity contribution is 0.133. The second kappa shape index (κ2) is 8.16. The molecule has 4 aromatic rings. The average Bonchev–Trinajstić information content (AvgIpc) is 3.18. The van der Waals surface area contributed by atoms with E-state index in [4.69, 9.17) is 4.74 Å². The monoisotopic (exact) mass is 462 g/mol. The Hall–Kier alpha value is -3.26. The highest BCUT2D eigenvalue weighted by molar-refractivity contribution is 6.07. The molecule has 6 rings (SSSR count). The predicted octanol–water partition coefficient (Wildman–Crippen LogP) is 8.87. The highest BCUT2D eigenvalue weighted by Gasteiger charge is 2.49. The molecule has 0 radical (unpaired) electrons. The number of hydrogen-bond acceptors (Lipinski definition) is 2. The topological polar surface area (TPSA) is 29.5 Å². The second-order valence-electron chi connectivity index (χ2n) is 10.6. The van der Waals surface area contributed by atoms with Crippen LogP contribution in [-0.2, 0) is 5.41 Å². The second-order valence-corrected chi connectivity index (χ2v) is 10.6. The van der Waals surface area contributed by atoms with Crippen LogP contribution in [0.1, 0.15) is 63.5 Å². The number of aromatic hydroxyl groups is 1. The Morgan fingerprint density at radius 2 is 1.43 bits per heavy atom. The van der Waals surface area contributed by atoms with Crippen LogP contribution in [0.2, 0.25) is 0 Å². The van der Waals surface area contributed by atoms with Gasteiger partial charge in [-0.15, -0.1) is 0 Å². The van der Waals surface area contributed by atoms with Crippen molar-refractivity contribution in [3.8, 4) is 33.8 Å². The van der Waals surface area contributed by atoms with Crippen LogP contribution < -0.4 is 4.74 Å². The Bertz CT molecular complexity index is 1400. The van der Waals surface area contributed by atoms with Crippen molar-refractivity contribution >= 4 is 10.8 Å². The Labute approximate surface area is 208 Å². The average molecular weight is 463 g/mol. The molecule has 0 saturated heterocycles. The molecule has 0 atom stereocenters. The molecule has 2 aliphatic carbocycles. The molecule has 35 heavy (non-hydrogen) atoms. The summed E-state index contributed by atoms with van der Waals surface area (Å²) in [7, 11) is 1.71. The van der Waals surface area contributed by atoms with Crippen molar-refractivity contribution in [2.75, 3.05) is 7.11 Å². The van der Waals surface area contributed by atoms with Gasteiger partial charge in [0.25, 0.3) is 0 Å². The quantitative estimate of drug-likeness (QED) is 0.328. The molecule has 0 unspecified atom stereocenters. The van der Waals surface area contributed by atoms with Gasteiger partial charge < -0.3 is 9.84 Å². The first-order chi connectivity index (χ1) is 17.1. The first-order valence-electron chi connectivity index (χ1n) is 13.1. The van der Waals surface area contributed by atoms with Crippen LogP contribution in [0.3, 0.4) is 0 Å². The van der Waals surface area contributed by atoms with Crippen LogP contribution in [0.25, 0.3) is 33.0 Å². The molecule has 1 fully saturated rings. The number of hydrogen-bond donors (Lipinski definition) is 1. The maximum atomic E-state index is 11.3. The Morgan fingerprint density at radius 1 is 0.743 bits per heavy atom. The standard InChI is InChI=1S/C33H34O2/c1-4-32(5-2)15-17-33(18-16-32)27-14-10-9-13-23(27)31-26-19-24(22-11-7-6-8-12-22)30(35-3)20-25(26)29(34)21-28(31)33/h6-14,19-21,34H,4-5,15-18H2,1-3H3. The maximum absolute atomic E-state index is 11.3. The molecule has 1 N–H and O–H groups in total. The minimum Gasteiger partial charge on any atom is -0.507 e. The maximum Gasteiger partial charge on any atom is 0.127 e. The third-order valence-electron chi connectivity index (χ3n) is 9.41. The molecule has 0 amide bonds. The van der Waals surface area contributed by atoms with Crippen LogP contribution in [0, 0.1) is 5.41 Å². The molecule has 0 aromatic heterocycles. The minimum atomic E-state index is -0.0156. The Kier molecular flexibility index (Phi) is 5.18. The fourth-order valence-electron chi connectivity index (χ4n) is 7.08. The van der Waals surface area contributed by atoms with Gasteiger partial charge in [-0.05, 0) is 82.5 Å². The van der Waals surface area contributed by atoms with E-state index in [0.717, 1.165) is 40.5 Å². The van der Waals surface area contributed by atoms with E-state index in [-0.39, 0.29) is 5.41 Å². The summed E-state index contributed by atoms with van der Waals surface area (Å²) in [6.07, 6.45) is 7.26. The van der Waals surface area contributed by atoms with Gasteiger partial charge >= 0.3 is 0 Å². The van der Waals surface area contributed by atoms with Crippen molar-refractivity contribution in [2.45, 2.75) is 57.8 Å². The summed E-state index contributed by atoms with van der Waals surface area (Å²) in [5.41, 5.74) is 8.01. The highest BCUT2D eigenvalue weighted by atomic mass is 16.5.